The minimum atomic E-state index is -4.04. The van der Waals surface area contributed by atoms with Crippen LogP contribution in [-0.2, 0) is 0 Å². The highest BCUT2D eigenvalue weighted by Crippen LogP contribution is 2.22. The Hall–Kier alpha value is -1.33. The summed E-state index contributed by atoms with van der Waals surface area (Å²) in [5.74, 6) is -3.87. The van der Waals surface area contributed by atoms with Crippen LogP contribution in [0.4, 0.5) is 23.4 Å². The van der Waals surface area contributed by atoms with Gasteiger partial charge in [-0.3, -0.25) is 0 Å². The van der Waals surface area contributed by atoms with Crippen molar-refractivity contribution in [3.63, 3.8) is 0 Å². The Morgan fingerprint density at radius 1 is 1.47 bits per heavy atom. The summed E-state index contributed by atoms with van der Waals surface area (Å²) in [7, 11) is 0. The second kappa shape index (κ2) is 4.46. The molecule has 15 heavy (non-hydrogen) atoms. The van der Waals surface area contributed by atoms with Crippen molar-refractivity contribution in [3.05, 3.63) is 23.9 Å². The summed E-state index contributed by atoms with van der Waals surface area (Å²) in [6.07, 6.45) is -2.26. The van der Waals surface area contributed by atoms with Crippen LogP contribution in [0.3, 0.4) is 0 Å². The molecule has 6 heteroatoms. The van der Waals surface area contributed by atoms with Gasteiger partial charge < -0.3 is 5.32 Å². The SMILES string of the molecule is Cc1ccnc(NCC(F)(F)C(F)F)c1. The minimum absolute atomic E-state index is 0.162. The molecule has 0 saturated heterocycles. The van der Waals surface area contributed by atoms with Crippen LogP contribution in [0.25, 0.3) is 0 Å². The van der Waals surface area contributed by atoms with Gasteiger partial charge in [0.25, 0.3) is 0 Å². The molecular weight excluding hydrogens is 212 g/mol. The van der Waals surface area contributed by atoms with Crippen LogP contribution in [0.1, 0.15) is 5.56 Å². The van der Waals surface area contributed by atoms with E-state index in [1.807, 2.05) is 0 Å². The van der Waals surface area contributed by atoms with Crippen molar-refractivity contribution < 1.29 is 17.6 Å². The number of hydrogen-bond donors (Lipinski definition) is 1. The van der Waals surface area contributed by atoms with Gasteiger partial charge >= 0.3 is 12.3 Å². The third kappa shape index (κ3) is 3.38. The lowest BCUT2D eigenvalue weighted by Crippen LogP contribution is -2.35. The van der Waals surface area contributed by atoms with Gasteiger partial charge in [-0.1, -0.05) is 0 Å². The molecule has 0 atom stereocenters. The standard InChI is InChI=1S/C9H10F4N2/c1-6-2-3-14-7(4-6)15-5-9(12,13)8(10)11/h2-4,8H,5H2,1H3,(H,14,15). The van der Waals surface area contributed by atoms with Gasteiger partial charge in [-0.05, 0) is 24.6 Å². The van der Waals surface area contributed by atoms with E-state index in [2.05, 4.69) is 10.3 Å². The predicted molar refractivity (Wildman–Crippen MR) is 48.4 cm³/mol. The van der Waals surface area contributed by atoms with E-state index >= 15 is 0 Å². The zero-order chi connectivity index (χ0) is 11.5. The maximum absolute atomic E-state index is 12.5. The first-order valence-electron chi connectivity index (χ1n) is 4.24. The zero-order valence-electron chi connectivity index (χ0n) is 7.98. The summed E-state index contributed by atoms with van der Waals surface area (Å²) in [5.41, 5.74) is 0.813. The number of rotatable bonds is 4. The molecule has 0 spiro atoms. The molecule has 1 heterocycles. The molecule has 0 amide bonds. The molecule has 0 bridgehead atoms. The largest absolute Gasteiger partial charge is 0.364 e. The molecule has 0 aromatic carbocycles. The molecular formula is C9H10F4N2. The monoisotopic (exact) mass is 222 g/mol. The van der Waals surface area contributed by atoms with Crippen molar-refractivity contribution in [1.29, 1.82) is 0 Å². The molecule has 1 aromatic rings. The van der Waals surface area contributed by atoms with Crippen molar-refractivity contribution in [3.8, 4) is 0 Å². The number of aromatic nitrogens is 1. The van der Waals surface area contributed by atoms with Crippen LogP contribution in [0.2, 0.25) is 0 Å². The molecule has 0 aliphatic heterocycles. The Morgan fingerprint density at radius 3 is 2.67 bits per heavy atom. The Balaban J connectivity index is 2.57. The first-order chi connectivity index (χ1) is 6.92. The molecule has 0 radical (unpaired) electrons. The van der Waals surface area contributed by atoms with Crippen LogP contribution in [-0.4, -0.2) is 23.9 Å². The van der Waals surface area contributed by atoms with Gasteiger partial charge in [-0.15, -0.1) is 0 Å². The third-order valence-corrected chi connectivity index (χ3v) is 1.74. The van der Waals surface area contributed by atoms with E-state index in [4.69, 9.17) is 0 Å². The molecule has 1 aromatic heterocycles. The summed E-state index contributed by atoms with van der Waals surface area (Å²) in [6, 6.07) is 3.18. The van der Waals surface area contributed by atoms with E-state index in [0.717, 1.165) is 5.56 Å². The number of aryl methyl sites for hydroxylation is 1. The second-order valence-electron chi connectivity index (χ2n) is 3.13. The Kier molecular flexibility index (Phi) is 3.49. The van der Waals surface area contributed by atoms with Crippen LogP contribution < -0.4 is 5.32 Å². The van der Waals surface area contributed by atoms with Gasteiger partial charge in [0.2, 0.25) is 0 Å². The van der Waals surface area contributed by atoms with Gasteiger partial charge in [0.15, 0.2) is 0 Å². The Morgan fingerprint density at radius 2 is 2.13 bits per heavy atom. The third-order valence-electron chi connectivity index (χ3n) is 1.74. The van der Waals surface area contributed by atoms with E-state index in [1.165, 1.54) is 12.3 Å². The topological polar surface area (TPSA) is 24.9 Å². The normalized spacial score (nSPS) is 11.9. The van der Waals surface area contributed by atoms with Crippen molar-refractivity contribution in [2.45, 2.75) is 19.3 Å². The lowest BCUT2D eigenvalue weighted by atomic mass is 10.3. The van der Waals surface area contributed by atoms with Gasteiger partial charge in [-0.2, -0.15) is 8.78 Å². The quantitative estimate of drug-likeness (QED) is 0.792. The summed E-state index contributed by atoms with van der Waals surface area (Å²) in [4.78, 5) is 3.71. The number of alkyl halides is 4. The van der Waals surface area contributed by atoms with Crippen molar-refractivity contribution >= 4 is 5.82 Å². The highest BCUT2D eigenvalue weighted by atomic mass is 19.3. The van der Waals surface area contributed by atoms with E-state index in [1.54, 1.807) is 13.0 Å². The van der Waals surface area contributed by atoms with Gasteiger partial charge in [0.05, 0.1) is 6.54 Å². The minimum Gasteiger partial charge on any atom is -0.364 e. The van der Waals surface area contributed by atoms with E-state index in [9.17, 15) is 17.6 Å². The van der Waals surface area contributed by atoms with Crippen molar-refractivity contribution in [2.75, 3.05) is 11.9 Å². The maximum Gasteiger partial charge on any atom is 0.324 e. The lowest BCUT2D eigenvalue weighted by Gasteiger charge is -2.16. The van der Waals surface area contributed by atoms with Gasteiger partial charge in [-0.25, -0.2) is 13.8 Å². The number of pyridine rings is 1. The molecule has 0 aliphatic carbocycles. The molecule has 1 rings (SSSR count). The highest BCUT2D eigenvalue weighted by Gasteiger charge is 2.40. The second-order valence-corrected chi connectivity index (χ2v) is 3.13. The number of anilines is 1. The fraction of sp³-hybridized carbons (Fsp3) is 0.444. The fourth-order valence-corrected chi connectivity index (χ4v) is 0.918. The highest BCUT2D eigenvalue weighted by molar-refractivity contribution is 5.37. The predicted octanol–water partition coefficient (Wildman–Crippen LogP) is 2.70. The van der Waals surface area contributed by atoms with Gasteiger partial charge in [0, 0.05) is 6.20 Å². The van der Waals surface area contributed by atoms with Crippen molar-refractivity contribution in [2.24, 2.45) is 0 Å². The molecule has 0 unspecified atom stereocenters. The van der Waals surface area contributed by atoms with E-state index < -0.39 is 18.9 Å². The van der Waals surface area contributed by atoms with Gasteiger partial charge in [0.1, 0.15) is 5.82 Å². The zero-order valence-corrected chi connectivity index (χ0v) is 7.98. The first kappa shape index (κ1) is 11.7. The van der Waals surface area contributed by atoms with Crippen molar-refractivity contribution in [1.82, 2.24) is 4.98 Å². The average Bonchev–Trinajstić information content (AvgIpc) is 2.15. The lowest BCUT2D eigenvalue weighted by molar-refractivity contribution is -0.117. The number of nitrogens with zero attached hydrogens (tertiary/aromatic N) is 1. The molecule has 84 valence electrons. The molecule has 1 N–H and O–H groups in total. The molecule has 0 aliphatic rings. The fourth-order valence-electron chi connectivity index (χ4n) is 0.918. The van der Waals surface area contributed by atoms with E-state index in [-0.39, 0.29) is 5.82 Å². The molecule has 0 saturated carbocycles. The number of halogens is 4. The summed E-state index contributed by atoms with van der Waals surface area (Å²) in [5, 5.41) is 2.17. The average molecular weight is 222 g/mol. The van der Waals surface area contributed by atoms with E-state index in [0.29, 0.717) is 0 Å². The smallest absolute Gasteiger partial charge is 0.324 e. The summed E-state index contributed by atoms with van der Waals surface area (Å²) < 4.78 is 48.6. The summed E-state index contributed by atoms with van der Waals surface area (Å²) >= 11 is 0. The Bertz CT molecular complexity index is 328. The van der Waals surface area contributed by atoms with Crippen LogP contribution in [0.15, 0.2) is 18.3 Å². The van der Waals surface area contributed by atoms with Crippen LogP contribution >= 0.6 is 0 Å². The summed E-state index contributed by atoms with van der Waals surface area (Å²) in [6.45, 7) is 0.624. The van der Waals surface area contributed by atoms with Crippen LogP contribution in [0, 0.1) is 6.92 Å². The number of hydrogen-bond acceptors (Lipinski definition) is 2. The maximum atomic E-state index is 12.5. The van der Waals surface area contributed by atoms with Crippen LogP contribution in [0.5, 0.6) is 0 Å². The number of nitrogens with one attached hydrogen (secondary N) is 1. The molecule has 0 fully saturated rings. The first-order valence-corrected chi connectivity index (χ1v) is 4.24. The Labute approximate surface area is 84.3 Å². The molecule has 2 nitrogen and oxygen atoms in total.